The van der Waals surface area contributed by atoms with Gasteiger partial charge in [-0.2, -0.15) is 0 Å². The van der Waals surface area contributed by atoms with Gasteiger partial charge in [0.05, 0.1) is 30.2 Å². The molecule has 162 valence electrons. The van der Waals surface area contributed by atoms with Crippen LogP contribution in [0.4, 0.5) is 5.69 Å². The minimum absolute atomic E-state index is 0.0253. The van der Waals surface area contributed by atoms with Gasteiger partial charge in [0.15, 0.2) is 17.3 Å². The number of rotatable bonds is 7. The summed E-state index contributed by atoms with van der Waals surface area (Å²) in [5, 5.41) is 12.0. The minimum atomic E-state index is -3.79. The van der Waals surface area contributed by atoms with Crippen LogP contribution < -0.4 is 19.9 Å². The Morgan fingerprint density at radius 3 is 2.32 bits per heavy atom. The van der Waals surface area contributed by atoms with E-state index in [0.29, 0.717) is 41.5 Å². The molecule has 4 rings (SSSR count). The van der Waals surface area contributed by atoms with Crippen molar-refractivity contribution in [3.05, 3.63) is 54.2 Å². The SMILES string of the molecule is COc1ccc(-c2cc(C3(C(=O)Nc4ccc(S(N)(=O)=O)cc4)CC3)no2)cc1OC. The molecule has 3 N–H and O–H groups in total. The highest BCUT2D eigenvalue weighted by molar-refractivity contribution is 7.89. The van der Waals surface area contributed by atoms with Crippen LogP contribution in [0.5, 0.6) is 11.5 Å². The van der Waals surface area contributed by atoms with E-state index in [1.54, 1.807) is 32.4 Å². The predicted molar refractivity (Wildman–Crippen MR) is 112 cm³/mol. The van der Waals surface area contributed by atoms with Gasteiger partial charge in [-0.05, 0) is 55.3 Å². The van der Waals surface area contributed by atoms with Crippen LogP contribution in [-0.4, -0.2) is 33.7 Å². The Kier molecular flexibility index (Phi) is 5.19. The van der Waals surface area contributed by atoms with Crippen molar-refractivity contribution in [1.82, 2.24) is 5.16 Å². The quantitative estimate of drug-likeness (QED) is 0.573. The van der Waals surface area contributed by atoms with Gasteiger partial charge in [-0.25, -0.2) is 13.6 Å². The average Bonchev–Trinajstić information content (AvgIpc) is 3.42. The van der Waals surface area contributed by atoms with E-state index in [4.69, 9.17) is 19.1 Å². The lowest BCUT2D eigenvalue weighted by Crippen LogP contribution is -2.28. The van der Waals surface area contributed by atoms with Crippen molar-refractivity contribution < 1.29 is 27.2 Å². The first-order valence-electron chi connectivity index (χ1n) is 9.41. The van der Waals surface area contributed by atoms with E-state index < -0.39 is 15.4 Å². The number of nitrogens with zero attached hydrogens (tertiary/aromatic N) is 1. The van der Waals surface area contributed by atoms with Crippen LogP contribution in [-0.2, 0) is 20.2 Å². The second-order valence-electron chi connectivity index (χ2n) is 7.25. The summed E-state index contributed by atoms with van der Waals surface area (Å²) in [6.07, 6.45) is 1.26. The van der Waals surface area contributed by atoms with Gasteiger partial charge in [0.25, 0.3) is 0 Å². The van der Waals surface area contributed by atoms with Crippen molar-refractivity contribution in [3.63, 3.8) is 0 Å². The number of anilines is 1. The molecule has 9 nitrogen and oxygen atoms in total. The average molecular weight is 443 g/mol. The zero-order chi connectivity index (χ0) is 22.2. The molecule has 2 aromatic carbocycles. The maximum atomic E-state index is 12.9. The van der Waals surface area contributed by atoms with E-state index in [-0.39, 0.29) is 10.8 Å². The lowest BCUT2D eigenvalue weighted by Gasteiger charge is -2.12. The molecule has 1 aromatic heterocycles. The van der Waals surface area contributed by atoms with Gasteiger partial charge in [-0.1, -0.05) is 5.16 Å². The Hall–Kier alpha value is -3.37. The first-order chi connectivity index (χ1) is 14.8. The third-order valence-corrected chi connectivity index (χ3v) is 6.22. The highest BCUT2D eigenvalue weighted by Gasteiger charge is 2.53. The second kappa shape index (κ2) is 7.71. The van der Waals surface area contributed by atoms with E-state index in [1.807, 2.05) is 6.07 Å². The zero-order valence-electron chi connectivity index (χ0n) is 16.9. The highest BCUT2D eigenvalue weighted by Crippen LogP contribution is 2.49. The van der Waals surface area contributed by atoms with Crippen molar-refractivity contribution in [2.75, 3.05) is 19.5 Å². The number of hydrogen-bond acceptors (Lipinski definition) is 7. The number of benzene rings is 2. The van der Waals surface area contributed by atoms with Crippen molar-refractivity contribution in [3.8, 4) is 22.8 Å². The van der Waals surface area contributed by atoms with Crippen LogP contribution in [0.3, 0.4) is 0 Å². The molecule has 0 spiro atoms. The number of methoxy groups -OCH3 is 2. The van der Waals surface area contributed by atoms with Crippen LogP contribution in [0, 0.1) is 0 Å². The molecule has 1 saturated carbocycles. The first-order valence-corrected chi connectivity index (χ1v) is 11.0. The standard InChI is InChI=1S/C21H21N3O6S/c1-28-16-8-3-13(11-18(16)29-2)17-12-19(24-30-17)21(9-10-21)20(25)23-14-4-6-15(7-5-14)31(22,26)27/h3-8,11-12H,9-10H2,1-2H3,(H,23,25)(H2,22,26,27). The molecular weight excluding hydrogens is 422 g/mol. The zero-order valence-corrected chi connectivity index (χ0v) is 17.7. The summed E-state index contributed by atoms with van der Waals surface area (Å²) in [6, 6.07) is 12.8. The number of amides is 1. The van der Waals surface area contributed by atoms with E-state index in [0.717, 1.165) is 5.56 Å². The number of primary sulfonamides is 1. The van der Waals surface area contributed by atoms with Crippen LogP contribution >= 0.6 is 0 Å². The van der Waals surface area contributed by atoms with Gasteiger partial charge in [0, 0.05) is 17.3 Å². The van der Waals surface area contributed by atoms with Crippen molar-refractivity contribution in [2.45, 2.75) is 23.2 Å². The topological polar surface area (TPSA) is 134 Å². The fourth-order valence-corrected chi connectivity index (χ4v) is 3.84. The summed E-state index contributed by atoms with van der Waals surface area (Å²) in [5.74, 6) is 1.42. The molecule has 1 aliphatic rings. The molecule has 1 heterocycles. The van der Waals surface area contributed by atoms with Crippen LogP contribution in [0.25, 0.3) is 11.3 Å². The molecule has 0 unspecified atom stereocenters. The van der Waals surface area contributed by atoms with Gasteiger partial charge in [0.1, 0.15) is 0 Å². The third-order valence-electron chi connectivity index (χ3n) is 5.29. The lowest BCUT2D eigenvalue weighted by atomic mass is 10.00. The van der Waals surface area contributed by atoms with Gasteiger partial charge >= 0.3 is 0 Å². The first kappa shape index (κ1) is 20.9. The summed E-state index contributed by atoms with van der Waals surface area (Å²) >= 11 is 0. The molecule has 1 aliphatic carbocycles. The lowest BCUT2D eigenvalue weighted by molar-refractivity contribution is -0.118. The largest absolute Gasteiger partial charge is 0.493 e. The molecule has 0 bridgehead atoms. The third kappa shape index (κ3) is 3.99. The summed E-state index contributed by atoms with van der Waals surface area (Å²) in [7, 11) is -0.687. The Morgan fingerprint density at radius 1 is 1.06 bits per heavy atom. The molecule has 0 saturated heterocycles. The normalized spacial score (nSPS) is 14.7. The van der Waals surface area contributed by atoms with Gasteiger partial charge in [-0.15, -0.1) is 0 Å². The Bertz CT molecular complexity index is 1230. The number of sulfonamides is 1. The van der Waals surface area contributed by atoms with Crippen LogP contribution in [0.1, 0.15) is 18.5 Å². The van der Waals surface area contributed by atoms with Gasteiger partial charge in [0.2, 0.25) is 15.9 Å². The van der Waals surface area contributed by atoms with Gasteiger partial charge in [-0.3, -0.25) is 4.79 Å². The molecule has 0 radical (unpaired) electrons. The molecule has 31 heavy (non-hydrogen) atoms. The molecule has 0 atom stereocenters. The van der Waals surface area contributed by atoms with Crippen molar-refractivity contribution in [1.29, 1.82) is 0 Å². The van der Waals surface area contributed by atoms with Crippen LogP contribution in [0.15, 0.2) is 57.9 Å². The summed E-state index contributed by atoms with van der Waals surface area (Å²) in [5.41, 5.74) is 0.964. The summed E-state index contributed by atoms with van der Waals surface area (Å²) in [4.78, 5) is 12.9. The fraction of sp³-hybridized carbons (Fsp3) is 0.238. The Morgan fingerprint density at radius 2 is 1.74 bits per heavy atom. The summed E-state index contributed by atoms with van der Waals surface area (Å²) in [6.45, 7) is 0. The number of hydrogen-bond donors (Lipinski definition) is 2. The maximum Gasteiger partial charge on any atom is 0.238 e. The smallest absolute Gasteiger partial charge is 0.238 e. The minimum Gasteiger partial charge on any atom is -0.493 e. The van der Waals surface area contributed by atoms with E-state index in [9.17, 15) is 13.2 Å². The molecule has 1 fully saturated rings. The number of carbonyl (C=O) groups excluding carboxylic acids is 1. The van der Waals surface area contributed by atoms with E-state index in [1.165, 1.54) is 24.3 Å². The monoisotopic (exact) mass is 443 g/mol. The molecule has 10 heteroatoms. The van der Waals surface area contributed by atoms with Crippen molar-refractivity contribution >= 4 is 21.6 Å². The number of nitrogens with one attached hydrogen (secondary N) is 1. The Balaban J connectivity index is 1.54. The number of aromatic nitrogens is 1. The van der Waals surface area contributed by atoms with E-state index in [2.05, 4.69) is 10.5 Å². The maximum absolute atomic E-state index is 12.9. The second-order valence-corrected chi connectivity index (χ2v) is 8.81. The highest BCUT2D eigenvalue weighted by atomic mass is 32.2. The molecule has 3 aromatic rings. The van der Waals surface area contributed by atoms with Crippen molar-refractivity contribution in [2.24, 2.45) is 5.14 Å². The van der Waals surface area contributed by atoms with E-state index >= 15 is 0 Å². The van der Waals surface area contributed by atoms with Crippen LogP contribution in [0.2, 0.25) is 0 Å². The van der Waals surface area contributed by atoms with Gasteiger partial charge < -0.3 is 19.3 Å². The molecule has 0 aliphatic heterocycles. The fourth-order valence-electron chi connectivity index (χ4n) is 3.33. The molecular formula is C21H21N3O6S. The number of ether oxygens (including phenoxy) is 2. The molecule has 1 amide bonds. The summed E-state index contributed by atoms with van der Waals surface area (Å²) < 4.78 is 38.8. The predicted octanol–water partition coefficient (Wildman–Crippen LogP) is 2.68. The Labute approximate surface area is 179 Å². The number of nitrogens with two attached hydrogens (primary N) is 1. The number of carbonyl (C=O) groups is 1.